The van der Waals surface area contributed by atoms with E-state index in [-0.39, 0.29) is 23.1 Å². The first-order chi connectivity index (χ1) is 8.97. The second-order valence-corrected chi connectivity index (χ2v) is 4.52. The van der Waals surface area contributed by atoms with E-state index in [0.29, 0.717) is 0 Å². The molecule has 0 aliphatic carbocycles. The van der Waals surface area contributed by atoms with Gasteiger partial charge in [-0.2, -0.15) is 4.98 Å². The van der Waals surface area contributed by atoms with Gasteiger partial charge in [-0.3, -0.25) is 15.5 Å². The van der Waals surface area contributed by atoms with Crippen molar-refractivity contribution in [3.63, 3.8) is 0 Å². The molecule has 0 spiro atoms. The lowest BCUT2D eigenvalue weighted by Crippen LogP contribution is -2.47. The van der Waals surface area contributed by atoms with Crippen LogP contribution in [-0.2, 0) is 0 Å². The third-order valence-corrected chi connectivity index (χ3v) is 3.03. The molecule has 1 aromatic rings. The number of anilines is 2. The summed E-state index contributed by atoms with van der Waals surface area (Å²) >= 11 is 0. The van der Waals surface area contributed by atoms with Gasteiger partial charge < -0.3 is 10.6 Å². The summed E-state index contributed by atoms with van der Waals surface area (Å²) in [6, 6.07) is 0. The molecule has 1 fully saturated rings. The maximum Gasteiger partial charge on any atom is 0.333 e. The number of likely N-dealkylation sites (N-methyl/N-ethyl adjacent to an activating group) is 1. The molecular formula is C10H17N7O2. The van der Waals surface area contributed by atoms with E-state index in [1.54, 1.807) is 6.92 Å². The van der Waals surface area contributed by atoms with E-state index in [4.69, 9.17) is 5.73 Å². The topological polar surface area (TPSA) is 113 Å². The molecule has 104 valence electrons. The minimum atomic E-state index is -0.493. The fraction of sp³-hybridized carbons (Fsp3) is 0.600. The van der Waals surface area contributed by atoms with Crippen LogP contribution in [0.5, 0.6) is 0 Å². The van der Waals surface area contributed by atoms with Crippen LogP contribution in [0.4, 0.5) is 17.5 Å². The molecule has 1 aliphatic rings. The largest absolute Gasteiger partial charge is 0.368 e. The van der Waals surface area contributed by atoms with Crippen molar-refractivity contribution in [3.8, 4) is 0 Å². The van der Waals surface area contributed by atoms with Crippen molar-refractivity contribution in [1.29, 1.82) is 0 Å². The van der Waals surface area contributed by atoms with Gasteiger partial charge >= 0.3 is 5.69 Å². The number of nitrogen functional groups attached to an aromatic ring is 1. The first kappa shape index (κ1) is 13.4. The van der Waals surface area contributed by atoms with Crippen LogP contribution < -0.4 is 11.2 Å². The maximum absolute atomic E-state index is 11.1. The fourth-order valence-corrected chi connectivity index (χ4v) is 1.95. The number of hydrogen-bond donors (Lipinski definition) is 2. The zero-order valence-corrected chi connectivity index (χ0v) is 11.0. The number of hydrogen-bond acceptors (Lipinski definition) is 8. The van der Waals surface area contributed by atoms with Crippen LogP contribution in [0.15, 0.2) is 0 Å². The lowest BCUT2D eigenvalue weighted by Gasteiger charge is -2.32. The van der Waals surface area contributed by atoms with E-state index >= 15 is 0 Å². The zero-order valence-electron chi connectivity index (χ0n) is 11.0. The van der Waals surface area contributed by atoms with Gasteiger partial charge in [0, 0.05) is 26.2 Å². The summed E-state index contributed by atoms with van der Waals surface area (Å²) in [5.74, 6) is 0.180. The summed E-state index contributed by atoms with van der Waals surface area (Å²) in [5.41, 5.74) is 8.64. The fourth-order valence-electron chi connectivity index (χ4n) is 1.95. The highest BCUT2D eigenvalue weighted by molar-refractivity contribution is 5.59. The predicted octanol–water partition coefficient (Wildman–Crippen LogP) is -0.150. The van der Waals surface area contributed by atoms with E-state index in [9.17, 15) is 10.1 Å². The van der Waals surface area contributed by atoms with E-state index in [1.165, 1.54) is 0 Å². The molecule has 0 amide bonds. The molecule has 0 saturated carbocycles. The molecule has 0 aromatic carbocycles. The lowest BCUT2D eigenvalue weighted by molar-refractivity contribution is -0.385. The lowest BCUT2D eigenvalue weighted by atomic mass is 10.3. The number of aromatic nitrogens is 2. The number of aryl methyl sites for hydroxylation is 1. The molecule has 0 atom stereocenters. The number of rotatable bonds is 3. The molecule has 19 heavy (non-hydrogen) atoms. The zero-order chi connectivity index (χ0) is 14.0. The molecule has 2 rings (SSSR count). The van der Waals surface area contributed by atoms with Gasteiger partial charge in [-0.25, -0.2) is 9.99 Å². The number of nitro groups is 1. The van der Waals surface area contributed by atoms with Gasteiger partial charge in [-0.1, -0.05) is 0 Å². The Morgan fingerprint density at radius 1 is 1.32 bits per heavy atom. The highest BCUT2D eigenvalue weighted by atomic mass is 16.6. The Balaban J connectivity index is 2.21. The Bertz CT molecular complexity index is 485. The second kappa shape index (κ2) is 5.33. The third-order valence-electron chi connectivity index (χ3n) is 3.03. The van der Waals surface area contributed by atoms with Gasteiger partial charge in [0.1, 0.15) is 5.69 Å². The smallest absolute Gasteiger partial charge is 0.333 e. The first-order valence-corrected chi connectivity index (χ1v) is 5.96. The molecule has 1 aliphatic heterocycles. The molecular weight excluding hydrogens is 250 g/mol. The highest BCUT2D eigenvalue weighted by Gasteiger charge is 2.24. The van der Waals surface area contributed by atoms with Crippen LogP contribution in [0.25, 0.3) is 0 Å². The number of piperazine rings is 1. The Morgan fingerprint density at radius 3 is 2.53 bits per heavy atom. The number of hydrazine groups is 1. The quantitative estimate of drug-likeness (QED) is 0.574. The Hall–Kier alpha value is -2.00. The van der Waals surface area contributed by atoms with Gasteiger partial charge in [0.15, 0.2) is 0 Å². The summed E-state index contributed by atoms with van der Waals surface area (Å²) in [6.07, 6.45) is 0. The third kappa shape index (κ3) is 3.06. The van der Waals surface area contributed by atoms with Gasteiger partial charge in [-0.05, 0) is 14.0 Å². The summed E-state index contributed by atoms with van der Waals surface area (Å²) in [6.45, 7) is 4.85. The summed E-state index contributed by atoms with van der Waals surface area (Å²) in [4.78, 5) is 20.5. The van der Waals surface area contributed by atoms with Crippen molar-refractivity contribution in [2.24, 2.45) is 0 Å². The van der Waals surface area contributed by atoms with Crippen molar-refractivity contribution in [3.05, 3.63) is 15.8 Å². The van der Waals surface area contributed by atoms with Gasteiger partial charge in [-0.15, -0.1) is 0 Å². The molecule has 2 heterocycles. The molecule has 1 aromatic heterocycles. The number of nitrogens with one attached hydrogen (secondary N) is 1. The average molecular weight is 267 g/mol. The second-order valence-electron chi connectivity index (χ2n) is 4.52. The average Bonchev–Trinajstić information content (AvgIpc) is 2.30. The highest BCUT2D eigenvalue weighted by Crippen LogP contribution is 2.26. The van der Waals surface area contributed by atoms with Crippen LogP contribution in [0.3, 0.4) is 0 Å². The van der Waals surface area contributed by atoms with Gasteiger partial charge in [0.2, 0.25) is 11.8 Å². The van der Waals surface area contributed by atoms with E-state index in [0.717, 1.165) is 26.2 Å². The van der Waals surface area contributed by atoms with Gasteiger partial charge in [0.05, 0.1) is 4.92 Å². The SMILES string of the molecule is Cc1nc(N)nc(NN2CCN(C)CC2)c1[N+](=O)[O-]. The Morgan fingerprint density at radius 2 is 1.95 bits per heavy atom. The molecule has 1 saturated heterocycles. The molecule has 0 unspecified atom stereocenters. The van der Waals surface area contributed by atoms with Crippen molar-refractivity contribution in [2.45, 2.75) is 6.92 Å². The van der Waals surface area contributed by atoms with Crippen LogP contribution >= 0.6 is 0 Å². The Kier molecular flexibility index (Phi) is 3.76. The number of nitrogens with two attached hydrogens (primary N) is 1. The van der Waals surface area contributed by atoms with E-state index < -0.39 is 4.92 Å². The standard InChI is InChI=1S/C10H17N7O2/c1-7-8(17(18)19)9(13-10(11)12-7)14-16-5-3-15(2)4-6-16/h3-6H2,1-2H3,(H3,11,12,13,14). The minimum Gasteiger partial charge on any atom is -0.368 e. The molecule has 9 heteroatoms. The van der Waals surface area contributed by atoms with Crippen LogP contribution in [-0.4, -0.2) is 58.0 Å². The van der Waals surface area contributed by atoms with E-state index in [2.05, 4.69) is 20.3 Å². The van der Waals surface area contributed by atoms with Crippen molar-refractivity contribution in [1.82, 2.24) is 19.9 Å². The molecule has 0 radical (unpaired) electrons. The van der Waals surface area contributed by atoms with Gasteiger partial charge in [0.25, 0.3) is 0 Å². The predicted molar refractivity (Wildman–Crippen MR) is 70.5 cm³/mol. The van der Waals surface area contributed by atoms with Crippen LogP contribution in [0, 0.1) is 17.0 Å². The Labute approximate surface area is 110 Å². The normalized spacial score (nSPS) is 17.4. The summed E-state index contributed by atoms with van der Waals surface area (Å²) in [5, 5.41) is 13.0. The van der Waals surface area contributed by atoms with Crippen LogP contribution in [0.2, 0.25) is 0 Å². The first-order valence-electron chi connectivity index (χ1n) is 5.96. The number of nitrogens with zero attached hydrogens (tertiary/aromatic N) is 5. The summed E-state index contributed by atoms with van der Waals surface area (Å²) < 4.78 is 0. The summed E-state index contributed by atoms with van der Waals surface area (Å²) in [7, 11) is 2.03. The molecule has 3 N–H and O–H groups in total. The van der Waals surface area contributed by atoms with Crippen molar-refractivity contribution in [2.75, 3.05) is 44.4 Å². The van der Waals surface area contributed by atoms with Crippen LogP contribution in [0.1, 0.15) is 5.69 Å². The monoisotopic (exact) mass is 267 g/mol. The minimum absolute atomic E-state index is 0.0275. The molecule has 0 bridgehead atoms. The molecule has 9 nitrogen and oxygen atoms in total. The van der Waals surface area contributed by atoms with E-state index in [1.807, 2.05) is 12.1 Å². The maximum atomic E-state index is 11.1. The van der Waals surface area contributed by atoms with Crippen molar-refractivity contribution >= 4 is 17.5 Å². The van der Waals surface area contributed by atoms with Crippen molar-refractivity contribution < 1.29 is 4.92 Å².